The van der Waals surface area contributed by atoms with Gasteiger partial charge < -0.3 is 24.0 Å². The summed E-state index contributed by atoms with van der Waals surface area (Å²) in [5, 5.41) is 0. The second kappa shape index (κ2) is 10.9. The fourth-order valence-corrected chi connectivity index (χ4v) is 3.91. The summed E-state index contributed by atoms with van der Waals surface area (Å²) in [5.41, 5.74) is 0.447. The zero-order valence-electron chi connectivity index (χ0n) is 21.0. The number of nitrogens with zero attached hydrogens (tertiary/aromatic N) is 3. The highest BCUT2D eigenvalue weighted by Crippen LogP contribution is 2.32. The second-order valence-electron chi connectivity index (χ2n) is 9.80. The third-order valence-corrected chi connectivity index (χ3v) is 5.50. The molecule has 7 nitrogen and oxygen atoms in total. The van der Waals surface area contributed by atoms with Crippen LogP contribution >= 0.6 is 0 Å². The minimum atomic E-state index is -0.525. The predicted molar refractivity (Wildman–Crippen MR) is 130 cm³/mol. The molecule has 1 saturated heterocycles. The summed E-state index contributed by atoms with van der Waals surface area (Å²) in [6.45, 7) is 11.2. The van der Waals surface area contributed by atoms with Gasteiger partial charge in [0.15, 0.2) is 5.75 Å². The number of anilines is 1. The Morgan fingerprint density at radius 2 is 1.79 bits per heavy atom. The van der Waals surface area contributed by atoms with E-state index < -0.39 is 5.60 Å². The van der Waals surface area contributed by atoms with Gasteiger partial charge in [0.25, 0.3) is 5.88 Å². The monoisotopic (exact) mass is 473 g/mol. The van der Waals surface area contributed by atoms with Crippen LogP contribution in [0, 0.1) is 5.82 Å². The van der Waals surface area contributed by atoms with Crippen LogP contribution in [0.15, 0.2) is 36.4 Å². The first kappa shape index (κ1) is 25.6. The lowest BCUT2D eigenvalue weighted by atomic mass is 10.0. The van der Waals surface area contributed by atoms with Crippen molar-refractivity contribution in [2.24, 2.45) is 0 Å². The summed E-state index contributed by atoms with van der Waals surface area (Å²) in [4.78, 5) is 21.2. The van der Waals surface area contributed by atoms with Gasteiger partial charge >= 0.3 is 6.09 Å². The van der Waals surface area contributed by atoms with E-state index in [0.717, 1.165) is 24.2 Å². The minimum Gasteiger partial charge on any atom is -0.491 e. The van der Waals surface area contributed by atoms with E-state index in [1.807, 2.05) is 46.8 Å². The lowest BCUT2D eigenvalue weighted by molar-refractivity contribution is 0.0204. The van der Waals surface area contributed by atoms with Crippen molar-refractivity contribution in [3.63, 3.8) is 0 Å². The summed E-state index contributed by atoms with van der Waals surface area (Å²) in [6, 6.07) is 10.4. The average molecular weight is 474 g/mol. The number of pyridine rings is 1. The molecule has 1 aliphatic heterocycles. The van der Waals surface area contributed by atoms with Crippen molar-refractivity contribution in [3.05, 3.63) is 47.8 Å². The molecule has 0 aliphatic carbocycles. The Kier molecular flexibility index (Phi) is 8.23. The molecule has 0 N–H and O–H groups in total. The number of ether oxygens (including phenoxy) is 3. The molecule has 0 saturated carbocycles. The number of benzene rings is 1. The van der Waals surface area contributed by atoms with Crippen LogP contribution in [0.2, 0.25) is 0 Å². The van der Waals surface area contributed by atoms with Gasteiger partial charge in [0.2, 0.25) is 0 Å². The van der Waals surface area contributed by atoms with Crippen LogP contribution in [-0.4, -0.2) is 53.9 Å². The van der Waals surface area contributed by atoms with Crippen LogP contribution < -0.4 is 14.4 Å². The lowest BCUT2D eigenvalue weighted by Crippen LogP contribution is -2.48. The molecule has 1 aliphatic rings. The van der Waals surface area contributed by atoms with Gasteiger partial charge in [-0.05, 0) is 77.3 Å². The zero-order valence-corrected chi connectivity index (χ0v) is 21.0. The molecule has 1 amide bonds. The SMILES string of the molecule is COc1ccc(N(Cc2ccc(F)cc2)C2CCN(C(=O)OC(C)(C)C)CC2)nc1OC(C)C. The van der Waals surface area contributed by atoms with Crippen LogP contribution in [0.3, 0.4) is 0 Å². The van der Waals surface area contributed by atoms with E-state index in [1.165, 1.54) is 12.1 Å². The number of hydrogen-bond donors (Lipinski definition) is 0. The maximum atomic E-state index is 13.5. The topological polar surface area (TPSA) is 64.1 Å². The molecule has 0 spiro atoms. The van der Waals surface area contributed by atoms with Crippen molar-refractivity contribution in [2.75, 3.05) is 25.1 Å². The summed E-state index contributed by atoms with van der Waals surface area (Å²) in [5.74, 6) is 1.48. The molecule has 2 aromatic rings. The van der Waals surface area contributed by atoms with Gasteiger partial charge in [-0.15, -0.1) is 0 Å². The molecule has 3 rings (SSSR count). The van der Waals surface area contributed by atoms with E-state index in [4.69, 9.17) is 19.2 Å². The highest BCUT2D eigenvalue weighted by Gasteiger charge is 2.30. The predicted octanol–water partition coefficient (Wildman–Crippen LogP) is 5.42. The molecule has 0 unspecified atom stereocenters. The van der Waals surface area contributed by atoms with Crippen LogP contribution in [0.1, 0.15) is 53.0 Å². The standard InChI is InChI=1S/C26H36FN3O4/c1-18(2)33-24-22(32-6)11-12-23(28-24)30(17-19-7-9-20(27)10-8-19)21-13-15-29(16-14-21)25(31)34-26(3,4)5/h7-12,18,21H,13-17H2,1-6H3. The Hall–Kier alpha value is -3.03. The largest absolute Gasteiger partial charge is 0.491 e. The number of halogens is 1. The van der Waals surface area contributed by atoms with E-state index in [1.54, 1.807) is 24.1 Å². The minimum absolute atomic E-state index is 0.0562. The number of hydrogen-bond acceptors (Lipinski definition) is 6. The summed E-state index contributed by atoms with van der Waals surface area (Å²) in [6.07, 6.45) is 1.17. The Labute approximate surface area is 201 Å². The number of rotatable bonds is 7. The van der Waals surface area contributed by atoms with Crippen molar-refractivity contribution < 1.29 is 23.4 Å². The molecule has 8 heteroatoms. The molecule has 1 aromatic heterocycles. The van der Waals surface area contributed by atoms with Crippen molar-refractivity contribution in [2.45, 2.75) is 71.8 Å². The molecule has 0 atom stereocenters. The third-order valence-electron chi connectivity index (χ3n) is 5.50. The summed E-state index contributed by atoms with van der Waals surface area (Å²) in [7, 11) is 1.59. The Morgan fingerprint density at radius 3 is 2.35 bits per heavy atom. The number of methoxy groups -OCH3 is 1. The van der Waals surface area contributed by atoms with Gasteiger partial charge in [-0.1, -0.05) is 12.1 Å². The van der Waals surface area contributed by atoms with E-state index in [9.17, 15) is 9.18 Å². The van der Waals surface area contributed by atoms with Crippen LogP contribution in [0.25, 0.3) is 0 Å². The second-order valence-corrected chi connectivity index (χ2v) is 9.80. The van der Waals surface area contributed by atoms with Crippen molar-refractivity contribution in [3.8, 4) is 11.6 Å². The van der Waals surface area contributed by atoms with Crippen LogP contribution in [0.4, 0.5) is 15.0 Å². The average Bonchev–Trinajstić information content (AvgIpc) is 2.77. The van der Waals surface area contributed by atoms with Gasteiger partial charge in [-0.25, -0.2) is 9.18 Å². The summed E-state index contributed by atoms with van der Waals surface area (Å²) < 4.78 is 30.4. The van der Waals surface area contributed by atoms with Crippen molar-refractivity contribution in [1.82, 2.24) is 9.88 Å². The van der Waals surface area contributed by atoms with Gasteiger partial charge in [0.1, 0.15) is 17.2 Å². The van der Waals surface area contributed by atoms with Crippen molar-refractivity contribution in [1.29, 1.82) is 0 Å². The maximum Gasteiger partial charge on any atom is 0.410 e. The van der Waals surface area contributed by atoms with E-state index in [0.29, 0.717) is 31.3 Å². The highest BCUT2D eigenvalue weighted by molar-refractivity contribution is 5.68. The molecule has 2 heterocycles. The Bertz CT molecular complexity index is 952. The molecule has 34 heavy (non-hydrogen) atoms. The lowest BCUT2D eigenvalue weighted by Gasteiger charge is -2.39. The number of piperidine rings is 1. The Balaban J connectivity index is 1.84. The number of likely N-dealkylation sites (tertiary alicyclic amines) is 1. The fraction of sp³-hybridized carbons (Fsp3) is 0.538. The molecule has 0 bridgehead atoms. The van der Waals surface area contributed by atoms with E-state index in [2.05, 4.69) is 4.90 Å². The van der Waals surface area contributed by atoms with E-state index in [-0.39, 0.29) is 24.1 Å². The van der Waals surface area contributed by atoms with Crippen LogP contribution in [-0.2, 0) is 11.3 Å². The smallest absolute Gasteiger partial charge is 0.410 e. The third kappa shape index (κ3) is 6.98. The van der Waals surface area contributed by atoms with Gasteiger partial charge in [0, 0.05) is 25.7 Å². The van der Waals surface area contributed by atoms with Gasteiger partial charge in [0.05, 0.1) is 13.2 Å². The quantitative estimate of drug-likeness (QED) is 0.535. The summed E-state index contributed by atoms with van der Waals surface area (Å²) >= 11 is 0. The number of aromatic nitrogens is 1. The fourth-order valence-electron chi connectivity index (χ4n) is 3.91. The molecular weight excluding hydrogens is 437 g/mol. The van der Waals surface area contributed by atoms with Gasteiger partial charge in [-0.2, -0.15) is 4.98 Å². The van der Waals surface area contributed by atoms with Crippen LogP contribution in [0.5, 0.6) is 11.6 Å². The first-order valence-electron chi connectivity index (χ1n) is 11.8. The first-order chi connectivity index (χ1) is 16.1. The van der Waals surface area contributed by atoms with Crippen molar-refractivity contribution >= 4 is 11.9 Å². The Morgan fingerprint density at radius 1 is 1.15 bits per heavy atom. The molecule has 1 aromatic carbocycles. The first-order valence-corrected chi connectivity index (χ1v) is 11.8. The maximum absolute atomic E-state index is 13.5. The van der Waals surface area contributed by atoms with E-state index >= 15 is 0 Å². The number of carbonyl (C=O) groups excluding carboxylic acids is 1. The zero-order chi connectivity index (χ0) is 24.9. The highest BCUT2D eigenvalue weighted by atomic mass is 19.1. The number of amides is 1. The van der Waals surface area contributed by atoms with Gasteiger partial charge in [-0.3, -0.25) is 0 Å². The molecule has 1 fully saturated rings. The normalized spacial score (nSPS) is 14.8. The number of carbonyl (C=O) groups is 1. The molecular formula is C26H36FN3O4. The molecule has 0 radical (unpaired) electrons. The molecule has 186 valence electrons.